The molecule has 1 amide bonds. The first-order valence-electron chi connectivity index (χ1n) is 14.6. The summed E-state index contributed by atoms with van der Waals surface area (Å²) in [6.45, 7) is 6.15. The number of aliphatic hydroxyl groups excluding tert-OH is 1. The van der Waals surface area contributed by atoms with Crippen LogP contribution in [0, 0.1) is 13.8 Å². The van der Waals surface area contributed by atoms with Crippen molar-refractivity contribution in [3.8, 4) is 0 Å². The van der Waals surface area contributed by atoms with Crippen molar-refractivity contribution in [2.75, 3.05) is 0 Å². The number of aromatic nitrogens is 1. The molecule has 2 N–H and O–H groups in total. The Morgan fingerprint density at radius 3 is 2.17 bits per heavy atom. The highest BCUT2D eigenvalue weighted by Crippen LogP contribution is 2.31. The van der Waals surface area contributed by atoms with E-state index in [9.17, 15) is 19.5 Å². The largest absolute Gasteiger partial charge is 0.506 e. The van der Waals surface area contributed by atoms with Crippen molar-refractivity contribution in [1.82, 2.24) is 10.3 Å². The van der Waals surface area contributed by atoms with Gasteiger partial charge in [-0.1, -0.05) is 77.2 Å². The number of aliphatic hydroxyl groups is 1. The molecule has 0 fully saturated rings. The molecule has 1 aromatic heterocycles. The number of rotatable bonds is 16. The summed E-state index contributed by atoms with van der Waals surface area (Å²) < 4.78 is 0. The lowest BCUT2D eigenvalue weighted by Crippen LogP contribution is -2.25. The van der Waals surface area contributed by atoms with E-state index in [2.05, 4.69) is 17.2 Å². The molecule has 0 atom stereocenters. The molecule has 0 bridgehead atoms. The second-order valence-corrected chi connectivity index (χ2v) is 11.7. The fraction of sp³-hybridized carbons (Fsp3) is 0.455. The second-order valence-electron chi connectivity index (χ2n) is 10.4. The smallest absolute Gasteiger partial charge is 0.224 e. The minimum Gasteiger partial charge on any atom is -0.506 e. The minimum absolute atomic E-state index is 0.0787. The Morgan fingerprint density at radius 2 is 1.57 bits per heavy atom. The van der Waals surface area contributed by atoms with Crippen molar-refractivity contribution in [2.45, 2.75) is 97.8 Å². The first-order chi connectivity index (χ1) is 19.3. The van der Waals surface area contributed by atoms with Gasteiger partial charge in [0.2, 0.25) is 11.7 Å². The number of carbonyl (C=O) groups excluding carboxylic acids is 3. The summed E-state index contributed by atoms with van der Waals surface area (Å²) >= 11 is 1.53. The topological polar surface area (TPSA) is 96.4 Å². The predicted molar refractivity (Wildman–Crippen MR) is 163 cm³/mol. The molecule has 0 aromatic carbocycles. The molecule has 6 nitrogen and oxygen atoms in total. The lowest BCUT2D eigenvalue weighted by molar-refractivity contribution is -0.120. The quantitative estimate of drug-likeness (QED) is 0.158. The van der Waals surface area contributed by atoms with Crippen LogP contribution in [-0.4, -0.2) is 27.6 Å². The summed E-state index contributed by atoms with van der Waals surface area (Å²) in [4.78, 5) is 42.6. The molecule has 0 saturated carbocycles. The summed E-state index contributed by atoms with van der Waals surface area (Å²) in [7, 11) is 0. The van der Waals surface area contributed by atoms with Gasteiger partial charge in [-0.25, -0.2) is 4.98 Å². The van der Waals surface area contributed by atoms with Crippen molar-refractivity contribution < 1.29 is 19.5 Å². The number of Topliss-reactive ketones (excluding diaryl/α,β-unsaturated/α-hetero) is 1. The maximum absolute atomic E-state index is 12.6. The molecule has 0 aliphatic heterocycles. The maximum Gasteiger partial charge on any atom is 0.224 e. The van der Waals surface area contributed by atoms with Crippen molar-refractivity contribution >= 4 is 34.9 Å². The molecule has 2 aliphatic rings. The predicted octanol–water partition coefficient (Wildman–Crippen LogP) is 7.86. The lowest BCUT2D eigenvalue weighted by Gasteiger charge is -2.18. The second kappa shape index (κ2) is 16.1. The number of hydrogen-bond acceptors (Lipinski definition) is 6. The Bertz CT molecular complexity index is 1250. The third-order valence-electron chi connectivity index (χ3n) is 7.17. The van der Waals surface area contributed by atoms with Crippen LogP contribution in [0.1, 0.15) is 99.6 Å². The number of nitrogens with zero attached hydrogens (tertiary/aromatic N) is 1. The molecule has 40 heavy (non-hydrogen) atoms. The number of carbonyl (C=O) groups is 3. The molecule has 0 spiro atoms. The van der Waals surface area contributed by atoms with Gasteiger partial charge in [-0.2, -0.15) is 0 Å². The molecule has 0 unspecified atom stereocenters. The number of nitrogens with one attached hydrogen (secondary N) is 1. The number of unbranched alkanes of at least 4 members (excludes halogenated alkanes) is 10. The van der Waals surface area contributed by atoms with Crippen LogP contribution in [0.25, 0.3) is 6.08 Å². The van der Waals surface area contributed by atoms with E-state index in [1.165, 1.54) is 80.9 Å². The molecule has 7 heteroatoms. The van der Waals surface area contributed by atoms with E-state index >= 15 is 0 Å². The van der Waals surface area contributed by atoms with Gasteiger partial charge in [-0.05, 0) is 56.2 Å². The van der Waals surface area contributed by atoms with E-state index in [-0.39, 0.29) is 34.4 Å². The molecule has 0 radical (unpaired) electrons. The molecule has 2 aliphatic carbocycles. The van der Waals surface area contributed by atoms with Crippen LogP contribution in [0.5, 0.6) is 0 Å². The van der Waals surface area contributed by atoms with Gasteiger partial charge in [0.25, 0.3) is 0 Å². The molecule has 1 aromatic rings. The van der Waals surface area contributed by atoms with Gasteiger partial charge in [0, 0.05) is 17.4 Å². The van der Waals surface area contributed by atoms with Crippen molar-refractivity contribution in [2.24, 2.45) is 0 Å². The third-order valence-corrected chi connectivity index (χ3v) is 8.21. The molecule has 214 valence electrons. The summed E-state index contributed by atoms with van der Waals surface area (Å²) in [5.41, 5.74) is 2.37. The fourth-order valence-electron chi connectivity index (χ4n) is 4.60. The van der Waals surface area contributed by atoms with Crippen LogP contribution in [0.15, 0.2) is 64.6 Å². The van der Waals surface area contributed by atoms with Crippen LogP contribution in [0.3, 0.4) is 0 Å². The van der Waals surface area contributed by atoms with E-state index in [1.807, 2.05) is 13.8 Å². The number of amides is 1. The van der Waals surface area contributed by atoms with Gasteiger partial charge in [0.1, 0.15) is 10.8 Å². The Balaban J connectivity index is 1.47. The number of hydrogen-bond donors (Lipinski definition) is 2. The van der Waals surface area contributed by atoms with E-state index < -0.39 is 0 Å². The van der Waals surface area contributed by atoms with Gasteiger partial charge in [-0.15, -0.1) is 11.3 Å². The van der Waals surface area contributed by atoms with Crippen LogP contribution < -0.4 is 5.32 Å². The van der Waals surface area contributed by atoms with Crippen LogP contribution in [0.2, 0.25) is 0 Å². The van der Waals surface area contributed by atoms with E-state index in [0.717, 1.165) is 34.8 Å². The molecular formula is C33H42N2O4S. The van der Waals surface area contributed by atoms with Gasteiger partial charge in [-0.3, -0.25) is 14.4 Å². The van der Waals surface area contributed by atoms with E-state index in [0.29, 0.717) is 17.7 Å². The Kier molecular flexibility index (Phi) is 12.5. The summed E-state index contributed by atoms with van der Waals surface area (Å²) in [6, 6.07) is 0. The monoisotopic (exact) mass is 562 g/mol. The molecule has 0 saturated heterocycles. The SMILES string of the molecule is CCCCCCCCCCCCCC(=O)NC1=CC(=O)C=C/C1=C/C=C1/C(=O)C(/C=C/c2nc(C)c(C)s2)=C1O. The standard InChI is InChI=1S/C33H42N2O4S/c1-4-5-6-7-8-9-10-11-12-13-14-15-30(37)35-29-22-26(36)18-16-25(29)17-19-27-32(38)28(33(27)39)20-21-31-34-23(2)24(3)40-31/h16-22,38H,4-15H2,1-3H3,(H,35,37)/b21-20+,25-17-,27-19+. The average molecular weight is 563 g/mol. The molecule has 3 rings (SSSR count). The zero-order valence-corrected chi connectivity index (χ0v) is 24.9. The zero-order valence-electron chi connectivity index (χ0n) is 24.1. The lowest BCUT2D eigenvalue weighted by atomic mass is 9.87. The summed E-state index contributed by atoms with van der Waals surface area (Å²) in [5.74, 6) is -0.689. The summed E-state index contributed by atoms with van der Waals surface area (Å²) in [5, 5.41) is 14.1. The number of aryl methyl sites for hydroxylation is 2. The Hall–Kier alpha value is -3.32. The van der Waals surface area contributed by atoms with Crippen LogP contribution >= 0.6 is 11.3 Å². The third kappa shape index (κ3) is 9.40. The number of thiazole rings is 1. The average Bonchev–Trinajstić information content (AvgIpc) is 3.25. The van der Waals surface area contributed by atoms with Crippen molar-refractivity contribution in [3.63, 3.8) is 0 Å². The first-order valence-corrected chi connectivity index (χ1v) is 15.4. The number of allylic oxidation sites excluding steroid dienone is 8. The molecule has 1 heterocycles. The zero-order chi connectivity index (χ0) is 28.9. The van der Waals surface area contributed by atoms with Crippen LogP contribution in [0.4, 0.5) is 0 Å². The van der Waals surface area contributed by atoms with Crippen LogP contribution in [-0.2, 0) is 14.4 Å². The normalized spacial score (nSPS) is 17.3. The van der Waals surface area contributed by atoms with E-state index in [1.54, 1.807) is 24.3 Å². The molecular weight excluding hydrogens is 520 g/mol. The van der Waals surface area contributed by atoms with E-state index in [4.69, 9.17) is 0 Å². The van der Waals surface area contributed by atoms with Gasteiger partial charge >= 0.3 is 0 Å². The highest BCUT2D eigenvalue weighted by molar-refractivity contribution is 7.12. The van der Waals surface area contributed by atoms with Gasteiger partial charge in [0.15, 0.2) is 5.78 Å². The van der Waals surface area contributed by atoms with Crippen molar-refractivity contribution in [3.05, 3.63) is 80.2 Å². The van der Waals surface area contributed by atoms with Gasteiger partial charge in [0.05, 0.1) is 22.5 Å². The van der Waals surface area contributed by atoms with Gasteiger partial charge < -0.3 is 10.4 Å². The maximum atomic E-state index is 12.6. The highest BCUT2D eigenvalue weighted by Gasteiger charge is 2.31. The number of ketones is 2. The Labute approximate surface area is 242 Å². The van der Waals surface area contributed by atoms with Crippen molar-refractivity contribution in [1.29, 1.82) is 0 Å². The first kappa shape index (κ1) is 31.2. The highest BCUT2D eigenvalue weighted by atomic mass is 32.1. The summed E-state index contributed by atoms with van der Waals surface area (Å²) in [6.07, 6.45) is 24.6. The Morgan fingerprint density at radius 1 is 0.925 bits per heavy atom. The fourth-order valence-corrected chi connectivity index (χ4v) is 5.43. The minimum atomic E-state index is -0.266.